The third-order valence-corrected chi connectivity index (χ3v) is 3.74. The molecule has 2 atom stereocenters. The lowest BCUT2D eigenvalue weighted by molar-refractivity contribution is -0.133. The second-order valence-corrected chi connectivity index (χ2v) is 4.94. The molecule has 72 valence electrons. The van der Waals surface area contributed by atoms with E-state index in [-0.39, 0.29) is 0 Å². The normalized spacial score (nSPS) is 37.1. The van der Waals surface area contributed by atoms with Gasteiger partial charge in [-0.2, -0.15) is 0 Å². The molecular weight excluding hydrogens is 162 g/mol. The average molecular weight is 179 g/mol. The van der Waals surface area contributed by atoms with E-state index in [4.69, 9.17) is 0 Å². The molecule has 1 amide bonds. The monoisotopic (exact) mass is 179 g/mol. The van der Waals surface area contributed by atoms with Gasteiger partial charge in [-0.15, -0.1) is 0 Å². The van der Waals surface area contributed by atoms with Crippen LogP contribution in [0.4, 0.5) is 0 Å². The van der Waals surface area contributed by atoms with Gasteiger partial charge < -0.3 is 4.90 Å². The highest BCUT2D eigenvalue weighted by Gasteiger charge is 2.46. The molecule has 3 fully saturated rings. The van der Waals surface area contributed by atoms with Crippen LogP contribution in [-0.4, -0.2) is 23.4 Å². The van der Waals surface area contributed by atoms with Crippen molar-refractivity contribution in [1.29, 1.82) is 0 Å². The lowest BCUT2D eigenvalue weighted by Crippen LogP contribution is -2.37. The maximum absolute atomic E-state index is 11.8. The minimum Gasteiger partial charge on any atom is -0.339 e. The molecule has 0 aromatic heterocycles. The van der Waals surface area contributed by atoms with Gasteiger partial charge >= 0.3 is 0 Å². The molecular formula is C11H17NO. The minimum atomic E-state index is 0.453. The minimum absolute atomic E-state index is 0.453. The fourth-order valence-corrected chi connectivity index (χ4v) is 2.61. The smallest absolute Gasteiger partial charge is 0.223 e. The number of carbonyl (C=O) groups excluding carboxylic acids is 1. The molecule has 3 rings (SSSR count). The van der Waals surface area contributed by atoms with E-state index < -0.39 is 0 Å². The lowest BCUT2D eigenvalue weighted by atomic mass is 10.1. The Bertz CT molecular complexity index is 234. The highest BCUT2D eigenvalue weighted by atomic mass is 16.2. The van der Waals surface area contributed by atoms with Crippen LogP contribution in [0.25, 0.3) is 0 Å². The Hall–Kier alpha value is -0.530. The van der Waals surface area contributed by atoms with Gasteiger partial charge in [0, 0.05) is 19.0 Å². The summed E-state index contributed by atoms with van der Waals surface area (Å²) in [5, 5.41) is 0. The number of piperidine rings is 1. The largest absolute Gasteiger partial charge is 0.339 e. The molecule has 13 heavy (non-hydrogen) atoms. The van der Waals surface area contributed by atoms with Crippen LogP contribution in [0.2, 0.25) is 0 Å². The first kappa shape index (κ1) is 7.84. The Morgan fingerprint density at radius 3 is 2.92 bits per heavy atom. The summed E-state index contributed by atoms with van der Waals surface area (Å²) in [6.07, 6.45) is 7.37. The molecule has 2 heteroatoms. The lowest BCUT2D eigenvalue weighted by Gasteiger charge is -2.26. The number of likely N-dealkylation sites (tertiary alicyclic amines) is 1. The van der Waals surface area contributed by atoms with Crippen LogP contribution >= 0.6 is 0 Å². The van der Waals surface area contributed by atoms with Gasteiger partial charge in [-0.25, -0.2) is 0 Å². The predicted octanol–water partition coefficient (Wildman–Crippen LogP) is 1.80. The third-order valence-electron chi connectivity index (χ3n) is 3.74. The van der Waals surface area contributed by atoms with Crippen LogP contribution in [0.3, 0.4) is 0 Å². The summed E-state index contributed by atoms with van der Waals surface area (Å²) in [6, 6.07) is 0.667. The van der Waals surface area contributed by atoms with E-state index in [1.807, 2.05) is 0 Å². The number of hydrogen-bond donors (Lipinski definition) is 0. The first-order valence-corrected chi connectivity index (χ1v) is 5.64. The van der Waals surface area contributed by atoms with Crippen molar-refractivity contribution in [3.05, 3.63) is 0 Å². The zero-order valence-electron chi connectivity index (χ0n) is 8.04. The van der Waals surface area contributed by atoms with Gasteiger partial charge in [-0.3, -0.25) is 4.79 Å². The Balaban J connectivity index is 1.59. The SMILES string of the molecule is O=C(CC1CC1)N1CCCC2CC21. The van der Waals surface area contributed by atoms with Crippen LogP contribution in [-0.2, 0) is 4.79 Å². The first-order chi connectivity index (χ1) is 6.34. The van der Waals surface area contributed by atoms with Crippen molar-refractivity contribution in [2.75, 3.05) is 6.54 Å². The summed E-state index contributed by atoms with van der Waals surface area (Å²) in [5.74, 6) is 2.10. The number of fused-ring (bicyclic) bond motifs is 1. The fourth-order valence-electron chi connectivity index (χ4n) is 2.61. The highest BCUT2D eigenvalue weighted by Crippen LogP contribution is 2.44. The Kier molecular flexibility index (Phi) is 1.64. The van der Waals surface area contributed by atoms with Gasteiger partial charge in [0.25, 0.3) is 0 Å². The maximum Gasteiger partial charge on any atom is 0.223 e. The molecule has 3 aliphatic rings. The highest BCUT2D eigenvalue weighted by molar-refractivity contribution is 5.77. The molecule has 2 aliphatic carbocycles. The van der Waals surface area contributed by atoms with Crippen molar-refractivity contribution in [3.63, 3.8) is 0 Å². The molecule has 2 nitrogen and oxygen atoms in total. The average Bonchev–Trinajstić information content (AvgIpc) is 2.97. The summed E-state index contributed by atoms with van der Waals surface area (Å²) in [5.41, 5.74) is 0. The Morgan fingerprint density at radius 1 is 1.31 bits per heavy atom. The number of nitrogens with zero attached hydrogens (tertiary/aromatic N) is 1. The van der Waals surface area contributed by atoms with Crippen molar-refractivity contribution in [2.45, 2.75) is 44.6 Å². The molecule has 0 aromatic rings. The van der Waals surface area contributed by atoms with E-state index >= 15 is 0 Å². The molecule has 0 spiro atoms. The van der Waals surface area contributed by atoms with Crippen molar-refractivity contribution in [1.82, 2.24) is 4.90 Å². The van der Waals surface area contributed by atoms with Gasteiger partial charge in [0.2, 0.25) is 5.91 Å². The topological polar surface area (TPSA) is 20.3 Å². The van der Waals surface area contributed by atoms with Gasteiger partial charge in [0.1, 0.15) is 0 Å². The summed E-state index contributed by atoms with van der Waals surface area (Å²) in [6.45, 7) is 1.05. The van der Waals surface area contributed by atoms with E-state index in [9.17, 15) is 4.79 Å². The molecule has 1 aliphatic heterocycles. The Labute approximate surface area is 79.3 Å². The van der Waals surface area contributed by atoms with E-state index in [0.29, 0.717) is 11.9 Å². The van der Waals surface area contributed by atoms with Crippen LogP contribution in [0, 0.1) is 11.8 Å². The van der Waals surface area contributed by atoms with Gasteiger partial charge in [-0.1, -0.05) is 0 Å². The van der Waals surface area contributed by atoms with E-state index in [1.54, 1.807) is 0 Å². The van der Waals surface area contributed by atoms with Gasteiger partial charge in [-0.05, 0) is 43.9 Å². The van der Waals surface area contributed by atoms with Crippen LogP contribution < -0.4 is 0 Å². The first-order valence-electron chi connectivity index (χ1n) is 5.64. The third kappa shape index (κ3) is 1.47. The number of carbonyl (C=O) groups is 1. The number of hydrogen-bond acceptors (Lipinski definition) is 1. The summed E-state index contributed by atoms with van der Waals surface area (Å²) in [7, 11) is 0. The maximum atomic E-state index is 11.8. The van der Waals surface area contributed by atoms with Crippen LogP contribution in [0.1, 0.15) is 38.5 Å². The standard InChI is InChI=1S/C11H17NO/c13-11(6-8-3-4-8)12-5-1-2-9-7-10(9)12/h8-10H,1-7H2. The molecule has 0 radical (unpaired) electrons. The van der Waals surface area contributed by atoms with Gasteiger partial charge in [0.15, 0.2) is 0 Å². The van der Waals surface area contributed by atoms with E-state index in [2.05, 4.69) is 4.90 Å². The number of rotatable bonds is 2. The van der Waals surface area contributed by atoms with Crippen LogP contribution in [0.15, 0.2) is 0 Å². The summed E-state index contributed by atoms with van der Waals surface area (Å²) >= 11 is 0. The van der Waals surface area contributed by atoms with E-state index in [0.717, 1.165) is 24.8 Å². The van der Waals surface area contributed by atoms with Crippen molar-refractivity contribution >= 4 is 5.91 Å². The molecule has 1 saturated heterocycles. The molecule has 1 heterocycles. The molecule has 0 aromatic carbocycles. The molecule has 0 N–H and O–H groups in total. The Morgan fingerprint density at radius 2 is 2.15 bits per heavy atom. The zero-order chi connectivity index (χ0) is 8.84. The molecule has 2 saturated carbocycles. The molecule has 2 unspecified atom stereocenters. The van der Waals surface area contributed by atoms with Crippen molar-refractivity contribution < 1.29 is 4.79 Å². The van der Waals surface area contributed by atoms with Crippen molar-refractivity contribution in [2.24, 2.45) is 11.8 Å². The van der Waals surface area contributed by atoms with Crippen molar-refractivity contribution in [3.8, 4) is 0 Å². The fraction of sp³-hybridized carbons (Fsp3) is 0.909. The quantitative estimate of drug-likeness (QED) is 0.633. The van der Waals surface area contributed by atoms with E-state index in [1.165, 1.54) is 32.1 Å². The summed E-state index contributed by atoms with van der Waals surface area (Å²) < 4.78 is 0. The number of amides is 1. The molecule has 0 bridgehead atoms. The van der Waals surface area contributed by atoms with Gasteiger partial charge in [0.05, 0.1) is 0 Å². The van der Waals surface area contributed by atoms with Crippen LogP contribution in [0.5, 0.6) is 0 Å². The predicted molar refractivity (Wildman–Crippen MR) is 50.2 cm³/mol. The summed E-state index contributed by atoms with van der Waals surface area (Å²) in [4.78, 5) is 14.0. The zero-order valence-corrected chi connectivity index (χ0v) is 8.04. The second kappa shape index (κ2) is 2.73. The second-order valence-electron chi connectivity index (χ2n) is 4.94.